The number of para-hydroxylation sites is 1. The number of imidazole rings is 1. The maximum Gasteiger partial charge on any atom is 0.227 e. The van der Waals surface area contributed by atoms with E-state index in [1.54, 1.807) is 0 Å². The number of carbonyl (C=O) groups is 1. The quantitative estimate of drug-likeness (QED) is 0.397. The summed E-state index contributed by atoms with van der Waals surface area (Å²) in [5.41, 5.74) is 5.44. The SMILES string of the molecule is CCn1c(C2CC2)nc2c(NC(=O)C3CCOCC3)cc(Nc3ncc4cccc(C)c4n3)cc21. The Labute approximate surface area is 204 Å². The first-order chi connectivity index (χ1) is 17.1. The average molecular weight is 471 g/mol. The van der Waals surface area contributed by atoms with Crippen molar-refractivity contribution in [3.8, 4) is 0 Å². The number of ether oxygens (including phenoxy) is 1. The molecule has 0 bridgehead atoms. The van der Waals surface area contributed by atoms with Crippen molar-refractivity contribution in [3.63, 3.8) is 0 Å². The highest BCUT2D eigenvalue weighted by atomic mass is 16.5. The Kier molecular flexibility index (Phi) is 5.60. The minimum Gasteiger partial charge on any atom is -0.381 e. The highest BCUT2D eigenvalue weighted by Crippen LogP contribution is 2.42. The van der Waals surface area contributed by atoms with Crippen LogP contribution >= 0.6 is 0 Å². The van der Waals surface area contributed by atoms with E-state index in [-0.39, 0.29) is 11.8 Å². The molecular formula is C27H30N6O2. The van der Waals surface area contributed by atoms with E-state index >= 15 is 0 Å². The van der Waals surface area contributed by atoms with E-state index in [9.17, 15) is 4.79 Å². The fourth-order valence-electron chi connectivity index (χ4n) is 4.98. The third-order valence-electron chi connectivity index (χ3n) is 7.06. The topological polar surface area (TPSA) is 94.0 Å². The van der Waals surface area contributed by atoms with E-state index < -0.39 is 0 Å². The maximum atomic E-state index is 13.1. The van der Waals surface area contributed by atoms with Crippen LogP contribution in [0.25, 0.3) is 21.9 Å². The first-order valence-corrected chi connectivity index (χ1v) is 12.5. The van der Waals surface area contributed by atoms with Crippen LogP contribution in [0.3, 0.4) is 0 Å². The molecule has 1 aliphatic heterocycles. The Bertz CT molecular complexity index is 1420. The van der Waals surface area contributed by atoms with Crippen molar-refractivity contribution < 1.29 is 9.53 Å². The van der Waals surface area contributed by atoms with Gasteiger partial charge in [0.05, 0.1) is 16.7 Å². The number of rotatable bonds is 6. The van der Waals surface area contributed by atoms with Gasteiger partial charge in [-0.1, -0.05) is 18.2 Å². The summed E-state index contributed by atoms with van der Waals surface area (Å²) in [5, 5.41) is 7.58. The van der Waals surface area contributed by atoms with Gasteiger partial charge >= 0.3 is 0 Å². The van der Waals surface area contributed by atoms with Crippen molar-refractivity contribution in [2.45, 2.75) is 52.0 Å². The lowest BCUT2D eigenvalue weighted by molar-refractivity contribution is -0.122. The normalized spacial score (nSPS) is 16.6. The highest BCUT2D eigenvalue weighted by Gasteiger charge is 2.30. The Hall–Kier alpha value is -3.52. The fourth-order valence-corrected chi connectivity index (χ4v) is 4.98. The molecule has 0 unspecified atom stereocenters. The standard InChI is InChI=1S/C27H30N6O2/c1-3-33-22-14-20(29-27-28-15-19-6-4-5-16(2)23(19)32-27)13-21(24(22)31-25(33)17-7-8-17)30-26(34)18-9-11-35-12-10-18/h4-6,13-15,17-18H,3,7-12H2,1-2H3,(H,30,34)(H,28,29,32). The van der Waals surface area contributed by atoms with Crippen molar-refractivity contribution in [2.75, 3.05) is 23.8 Å². The fraction of sp³-hybridized carbons (Fsp3) is 0.407. The van der Waals surface area contributed by atoms with Crippen LogP contribution in [0.4, 0.5) is 17.3 Å². The monoisotopic (exact) mass is 470 g/mol. The second kappa shape index (κ2) is 8.92. The molecule has 6 rings (SSSR count). The molecule has 2 fully saturated rings. The van der Waals surface area contributed by atoms with Gasteiger partial charge in [-0.3, -0.25) is 4.79 Å². The average Bonchev–Trinajstić information content (AvgIpc) is 3.65. The maximum absolute atomic E-state index is 13.1. The van der Waals surface area contributed by atoms with Gasteiger partial charge in [0.25, 0.3) is 0 Å². The van der Waals surface area contributed by atoms with E-state index in [1.165, 1.54) is 12.8 Å². The molecular weight excluding hydrogens is 440 g/mol. The predicted octanol–water partition coefficient (Wildman–Crippen LogP) is 5.29. The Morgan fingerprint density at radius 2 is 1.94 bits per heavy atom. The number of fused-ring (bicyclic) bond motifs is 2. The van der Waals surface area contributed by atoms with Gasteiger partial charge in [0.1, 0.15) is 11.3 Å². The molecule has 0 atom stereocenters. The van der Waals surface area contributed by atoms with Crippen LogP contribution in [0.1, 0.15) is 49.9 Å². The summed E-state index contributed by atoms with van der Waals surface area (Å²) < 4.78 is 7.71. The number of nitrogens with zero attached hydrogens (tertiary/aromatic N) is 4. The van der Waals surface area contributed by atoms with E-state index in [0.717, 1.165) is 64.1 Å². The number of hydrogen-bond donors (Lipinski definition) is 2. The van der Waals surface area contributed by atoms with Gasteiger partial charge in [-0.25, -0.2) is 15.0 Å². The van der Waals surface area contributed by atoms with Crippen LogP contribution in [0.2, 0.25) is 0 Å². The minimum absolute atomic E-state index is 0.0309. The number of aryl methyl sites for hydroxylation is 2. The van der Waals surface area contributed by atoms with Crippen molar-refractivity contribution in [3.05, 3.63) is 47.9 Å². The molecule has 2 aromatic carbocycles. The lowest BCUT2D eigenvalue weighted by atomic mass is 9.99. The van der Waals surface area contributed by atoms with Crippen LogP contribution in [0, 0.1) is 12.8 Å². The molecule has 1 amide bonds. The van der Waals surface area contributed by atoms with Gasteiger partial charge < -0.3 is 19.9 Å². The highest BCUT2D eigenvalue weighted by molar-refractivity contribution is 6.02. The van der Waals surface area contributed by atoms with Crippen LogP contribution in [-0.4, -0.2) is 38.6 Å². The van der Waals surface area contributed by atoms with Gasteiger partial charge in [-0.2, -0.15) is 0 Å². The van der Waals surface area contributed by atoms with Crippen molar-refractivity contribution in [1.29, 1.82) is 0 Å². The zero-order valence-electron chi connectivity index (χ0n) is 20.2. The number of benzene rings is 2. The third-order valence-corrected chi connectivity index (χ3v) is 7.06. The molecule has 1 saturated heterocycles. The van der Waals surface area contributed by atoms with Gasteiger partial charge in [-0.15, -0.1) is 0 Å². The Morgan fingerprint density at radius 3 is 2.71 bits per heavy atom. The van der Waals surface area contributed by atoms with E-state index in [1.807, 2.05) is 37.4 Å². The molecule has 2 N–H and O–H groups in total. The molecule has 8 heteroatoms. The first kappa shape index (κ1) is 22.0. The van der Waals surface area contributed by atoms with Gasteiger partial charge in [0, 0.05) is 48.9 Å². The number of amides is 1. The molecule has 180 valence electrons. The lowest BCUT2D eigenvalue weighted by Gasteiger charge is -2.21. The van der Waals surface area contributed by atoms with Gasteiger partial charge in [0.15, 0.2) is 0 Å². The van der Waals surface area contributed by atoms with Crippen LogP contribution in [0.5, 0.6) is 0 Å². The van der Waals surface area contributed by atoms with Crippen LogP contribution in [0.15, 0.2) is 36.5 Å². The number of hydrogen-bond acceptors (Lipinski definition) is 6. The summed E-state index contributed by atoms with van der Waals surface area (Å²) in [7, 11) is 0. The van der Waals surface area contributed by atoms with Crippen molar-refractivity contribution in [2.24, 2.45) is 5.92 Å². The van der Waals surface area contributed by atoms with Crippen molar-refractivity contribution in [1.82, 2.24) is 19.5 Å². The molecule has 1 saturated carbocycles. The minimum atomic E-state index is -0.0432. The Morgan fingerprint density at radius 1 is 1.11 bits per heavy atom. The zero-order chi connectivity index (χ0) is 23.9. The predicted molar refractivity (Wildman–Crippen MR) is 137 cm³/mol. The molecule has 3 heterocycles. The summed E-state index contributed by atoms with van der Waals surface area (Å²) in [4.78, 5) is 27.4. The summed E-state index contributed by atoms with van der Waals surface area (Å²) in [6.45, 7) is 6.27. The first-order valence-electron chi connectivity index (χ1n) is 12.5. The smallest absolute Gasteiger partial charge is 0.227 e. The largest absolute Gasteiger partial charge is 0.381 e. The van der Waals surface area contributed by atoms with Gasteiger partial charge in [0.2, 0.25) is 11.9 Å². The third kappa shape index (κ3) is 4.23. The summed E-state index contributed by atoms with van der Waals surface area (Å²) in [6.07, 6.45) is 5.67. The molecule has 2 aromatic heterocycles. The number of aromatic nitrogens is 4. The number of carbonyl (C=O) groups excluding carboxylic acids is 1. The van der Waals surface area contributed by atoms with Crippen LogP contribution < -0.4 is 10.6 Å². The molecule has 4 aromatic rings. The van der Waals surface area contributed by atoms with Crippen molar-refractivity contribution >= 4 is 45.2 Å². The summed E-state index contributed by atoms with van der Waals surface area (Å²) in [6, 6.07) is 10.1. The molecule has 0 spiro atoms. The zero-order valence-corrected chi connectivity index (χ0v) is 20.2. The van der Waals surface area contributed by atoms with Gasteiger partial charge in [-0.05, 0) is 57.2 Å². The molecule has 8 nitrogen and oxygen atoms in total. The lowest BCUT2D eigenvalue weighted by Crippen LogP contribution is -2.28. The number of anilines is 3. The second-order valence-corrected chi connectivity index (χ2v) is 9.59. The van der Waals surface area contributed by atoms with E-state index in [0.29, 0.717) is 25.1 Å². The number of nitrogens with one attached hydrogen (secondary N) is 2. The summed E-state index contributed by atoms with van der Waals surface area (Å²) >= 11 is 0. The second-order valence-electron chi connectivity index (χ2n) is 9.59. The summed E-state index contributed by atoms with van der Waals surface area (Å²) in [5.74, 6) is 2.13. The van der Waals surface area contributed by atoms with Crippen LogP contribution in [-0.2, 0) is 16.1 Å². The molecule has 1 aliphatic carbocycles. The van der Waals surface area contributed by atoms with E-state index in [2.05, 4.69) is 33.2 Å². The Balaban J connectivity index is 1.40. The molecule has 35 heavy (non-hydrogen) atoms. The molecule has 2 aliphatic rings. The molecule has 0 radical (unpaired) electrons. The van der Waals surface area contributed by atoms with E-state index in [4.69, 9.17) is 14.7 Å².